The second-order valence-corrected chi connectivity index (χ2v) is 6.34. The summed E-state index contributed by atoms with van der Waals surface area (Å²) >= 11 is 1.59. The normalized spacial score (nSPS) is 20.2. The molecule has 1 saturated heterocycles. The Morgan fingerprint density at radius 3 is 2.80 bits per heavy atom. The third-order valence-electron chi connectivity index (χ3n) is 3.58. The molecule has 1 aliphatic rings. The molecule has 0 unspecified atom stereocenters. The minimum absolute atomic E-state index is 0.0759. The highest BCUT2D eigenvalue weighted by Gasteiger charge is 2.35. The van der Waals surface area contributed by atoms with Gasteiger partial charge in [-0.25, -0.2) is 0 Å². The van der Waals surface area contributed by atoms with E-state index < -0.39 is 6.04 Å². The van der Waals surface area contributed by atoms with Crippen molar-refractivity contribution < 1.29 is 14.0 Å². The maximum atomic E-state index is 12.3. The summed E-state index contributed by atoms with van der Waals surface area (Å²) in [6.07, 6.45) is 2.88. The molecule has 0 bridgehead atoms. The summed E-state index contributed by atoms with van der Waals surface area (Å²) in [5.74, 6) is 1.32. The van der Waals surface area contributed by atoms with Crippen LogP contribution in [0.25, 0.3) is 0 Å². The van der Waals surface area contributed by atoms with E-state index in [1.165, 1.54) is 12.5 Å². The van der Waals surface area contributed by atoms with Crippen LogP contribution in [0.1, 0.15) is 31.1 Å². The van der Waals surface area contributed by atoms with Crippen LogP contribution in [0.5, 0.6) is 0 Å². The van der Waals surface area contributed by atoms with Crippen molar-refractivity contribution in [2.45, 2.75) is 32.9 Å². The molecule has 2 amide bonds. The van der Waals surface area contributed by atoms with Gasteiger partial charge >= 0.3 is 0 Å². The number of hydrogen-bond donors (Lipinski definition) is 1. The molecule has 1 N–H and O–H groups in total. The fourth-order valence-corrected chi connectivity index (χ4v) is 3.05. The second kappa shape index (κ2) is 6.35. The number of hydrogen-bond acceptors (Lipinski definition) is 4. The van der Waals surface area contributed by atoms with Gasteiger partial charge in [0.15, 0.2) is 0 Å². The van der Waals surface area contributed by atoms with Crippen molar-refractivity contribution in [3.63, 3.8) is 0 Å². The minimum atomic E-state index is -0.399. The smallest absolute Gasteiger partial charge is 0.258 e. The lowest BCUT2D eigenvalue weighted by Crippen LogP contribution is -2.50. The molecule has 1 aromatic rings. The fourth-order valence-electron chi connectivity index (χ4n) is 1.90. The molecule has 2 heterocycles. The van der Waals surface area contributed by atoms with Gasteiger partial charge in [0.05, 0.1) is 17.7 Å². The standard InChI is InChI=1S/C14H20N2O3S/c1-9(2)10(3)15-13(17)12-7-20-8-16(12)14(18)11-4-5-19-6-11/h4-6,9-10,12H,7-8H2,1-3H3,(H,15,17)/t10-,12-/m0/s1. The van der Waals surface area contributed by atoms with Crippen molar-refractivity contribution >= 4 is 23.6 Å². The van der Waals surface area contributed by atoms with E-state index in [4.69, 9.17) is 4.42 Å². The van der Waals surface area contributed by atoms with E-state index in [1.54, 1.807) is 22.7 Å². The van der Waals surface area contributed by atoms with Crippen LogP contribution in [-0.4, -0.2) is 40.4 Å². The zero-order chi connectivity index (χ0) is 14.7. The van der Waals surface area contributed by atoms with Crippen LogP contribution < -0.4 is 5.32 Å². The van der Waals surface area contributed by atoms with Crippen molar-refractivity contribution in [2.24, 2.45) is 5.92 Å². The van der Waals surface area contributed by atoms with E-state index in [0.717, 1.165) is 0 Å². The number of carbonyl (C=O) groups excluding carboxylic acids is 2. The quantitative estimate of drug-likeness (QED) is 0.922. The Bertz CT molecular complexity index is 473. The first-order valence-electron chi connectivity index (χ1n) is 6.72. The zero-order valence-corrected chi connectivity index (χ0v) is 12.8. The molecule has 0 spiro atoms. The minimum Gasteiger partial charge on any atom is -0.472 e. The average molecular weight is 296 g/mol. The first-order chi connectivity index (χ1) is 9.50. The number of furan rings is 1. The van der Waals surface area contributed by atoms with Gasteiger partial charge in [0, 0.05) is 11.8 Å². The van der Waals surface area contributed by atoms with Gasteiger partial charge < -0.3 is 14.6 Å². The molecule has 2 atom stereocenters. The maximum absolute atomic E-state index is 12.3. The molecule has 0 aromatic carbocycles. The summed E-state index contributed by atoms with van der Waals surface area (Å²) in [6, 6.07) is 1.32. The van der Waals surface area contributed by atoms with Crippen molar-refractivity contribution in [3.05, 3.63) is 24.2 Å². The van der Waals surface area contributed by atoms with Gasteiger partial charge in [0.25, 0.3) is 5.91 Å². The van der Waals surface area contributed by atoms with Crippen molar-refractivity contribution in [1.82, 2.24) is 10.2 Å². The van der Waals surface area contributed by atoms with Crippen LogP contribution in [0.3, 0.4) is 0 Å². The number of rotatable bonds is 4. The van der Waals surface area contributed by atoms with Gasteiger partial charge in [0.2, 0.25) is 5.91 Å². The Kier molecular flexibility index (Phi) is 4.75. The number of nitrogens with zero attached hydrogens (tertiary/aromatic N) is 1. The summed E-state index contributed by atoms with van der Waals surface area (Å²) < 4.78 is 4.93. The topological polar surface area (TPSA) is 62.6 Å². The molecule has 6 heteroatoms. The number of thioether (sulfide) groups is 1. The van der Waals surface area contributed by atoms with E-state index in [9.17, 15) is 9.59 Å². The van der Waals surface area contributed by atoms with Crippen LogP contribution in [0.4, 0.5) is 0 Å². The Balaban J connectivity index is 2.04. The highest BCUT2D eigenvalue weighted by molar-refractivity contribution is 7.99. The summed E-state index contributed by atoms with van der Waals surface area (Å²) in [5.41, 5.74) is 0.488. The van der Waals surface area contributed by atoms with Crippen LogP contribution >= 0.6 is 11.8 Å². The largest absolute Gasteiger partial charge is 0.472 e. The lowest BCUT2D eigenvalue weighted by atomic mass is 10.1. The third kappa shape index (κ3) is 3.17. The molecular formula is C14H20N2O3S. The first-order valence-corrected chi connectivity index (χ1v) is 7.87. The molecule has 0 radical (unpaired) electrons. The number of nitrogens with one attached hydrogen (secondary N) is 1. The Hall–Kier alpha value is -1.43. The van der Waals surface area contributed by atoms with E-state index in [1.807, 2.05) is 6.92 Å². The lowest BCUT2D eigenvalue weighted by Gasteiger charge is -2.25. The highest BCUT2D eigenvalue weighted by atomic mass is 32.2. The molecule has 0 aliphatic carbocycles. The molecule has 20 heavy (non-hydrogen) atoms. The number of amides is 2. The summed E-state index contributed by atoms with van der Waals surface area (Å²) in [6.45, 7) is 6.10. The molecule has 1 aliphatic heterocycles. The third-order valence-corrected chi connectivity index (χ3v) is 4.60. The monoisotopic (exact) mass is 296 g/mol. The van der Waals surface area contributed by atoms with Crippen LogP contribution in [0.15, 0.2) is 23.0 Å². The molecule has 1 fully saturated rings. The van der Waals surface area contributed by atoms with Gasteiger partial charge in [-0.2, -0.15) is 0 Å². The van der Waals surface area contributed by atoms with Gasteiger partial charge in [-0.15, -0.1) is 11.8 Å². The molecule has 2 rings (SSSR count). The Morgan fingerprint density at radius 2 is 2.20 bits per heavy atom. The molecule has 5 nitrogen and oxygen atoms in total. The summed E-state index contributed by atoms with van der Waals surface area (Å²) in [4.78, 5) is 26.2. The van der Waals surface area contributed by atoms with Crippen molar-refractivity contribution in [1.29, 1.82) is 0 Å². The van der Waals surface area contributed by atoms with E-state index in [0.29, 0.717) is 23.1 Å². The molecule has 110 valence electrons. The summed E-state index contributed by atoms with van der Waals surface area (Å²) in [5, 5.41) is 2.98. The van der Waals surface area contributed by atoms with E-state index in [2.05, 4.69) is 19.2 Å². The predicted octanol–water partition coefficient (Wildman–Crippen LogP) is 1.96. The maximum Gasteiger partial charge on any atom is 0.258 e. The SMILES string of the molecule is CC(C)[C@H](C)NC(=O)[C@@H]1CSCN1C(=O)c1ccoc1. The van der Waals surface area contributed by atoms with Crippen LogP contribution in [0, 0.1) is 5.92 Å². The lowest BCUT2D eigenvalue weighted by molar-refractivity contribution is -0.125. The van der Waals surface area contributed by atoms with E-state index >= 15 is 0 Å². The van der Waals surface area contributed by atoms with E-state index in [-0.39, 0.29) is 17.9 Å². The van der Waals surface area contributed by atoms with Gasteiger partial charge in [-0.3, -0.25) is 9.59 Å². The number of carbonyl (C=O) groups is 2. The molecular weight excluding hydrogens is 276 g/mol. The summed E-state index contributed by atoms with van der Waals surface area (Å²) in [7, 11) is 0. The first kappa shape index (κ1) is 15.0. The van der Waals surface area contributed by atoms with Gasteiger partial charge in [0.1, 0.15) is 12.3 Å². The van der Waals surface area contributed by atoms with Crippen molar-refractivity contribution in [2.75, 3.05) is 11.6 Å². The zero-order valence-electron chi connectivity index (χ0n) is 12.0. The van der Waals surface area contributed by atoms with Gasteiger partial charge in [-0.05, 0) is 18.9 Å². The van der Waals surface area contributed by atoms with Crippen LogP contribution in [0.2, 0.25) is 0 Å². The second-order valence-electron chi connectivity index (χ2n) is 5.34. The Labute approximate surface area is 123 Å². The van der Waals surface area contributed by atoms with Crippen molar-refractivity contribution in [3.8, 4) is 0 Å². The van der Waals surface area contributed by atoms with Crippen LogP contribution in [-0.2, 0) is 4.79 Å². The predicted molar refractivity (Wildman–Crippen MR) is 78.4 cm³/mol. The average Bonchev–Trinajstić information content (AvgIpc) is 3.08. The molecule has 0 saturated carbocycles. The Morgan fingerprint density at radius 1 is 1.45 bits per heavy atom. The highest BCUT2D eigenvalue weighted by Crippen LogP contribution is 2.23. The fraction of sp³-hybridized carbons (Fsp3) is 0.571. The van der Waals surface area contributed by atoms with Gasteiger partial charge in [-0.1, -0.05) is 13.8 Å². The molecule has 1 aromatic heterocycles.